The van der Waals surface area contributed by atoms with Gasteiger partial charge in [0.25, 0.3) is 0 Å². The second-order valence-electron chi connectivity index (χ2n) is 4.60. The number of sulfonamides is 1. The van der Waals surface area contributed by atoms with Gasteiger partial charge < -0.3 is 9.67 Å². The molecule has 1 heterocycles. The summed E-state index contributed by atoms with van der Waals surface area (Å²) in [6.45, 7) is 4.29. The fraction of sp³-hybridized carbons (Fsp3) is 0.385. The van der Waals surface area contributed by atoms with Gasteiger partial charge in [0.2, 0.25) is 10.0 Å². The van der Waals surface area contributed by atoms with Gasteiger partial charge in [0, 0.05) is 6.54 Å². The van der Waals surface area contributed by atoms with E-state index in [4.69, 9.17) is 0 Å². The first-order chi connectivity index (χ1) is 9.97. The van der Waals surface area contributed by atoms with Gasteiger partial charge in [-0.25, -0.2) is 13.1 Å². The molecule has 0 aliphatic carbocycles. The van der Waals surface area contributed by atoms with Crippen molar-refractivity contribution in [3.63, 3.8) is 0 Å². The van der Waals surface area contributed by atoms with Crippen LogP contribution in [0.2, 0.25) is 0 Å². The van der Waals surface area contributed by atoms with E-state index in [0.29, 0.717) is 17.9 Å². The van der Waals surface area contributed by atoms with Crippen molar-refractivity contribution in [1.29, 1.82) is 0 Å². The maximum Gasteiger partial charge on any atom is 0.240 e. The quantitative estimate of drug-likeness (QED) is 0.813. The first kappa shape index (κ1) is 15.6. The molecule has 0 fully saturated rings. The molecule has 0 bridgehead atoms. The molecule has 114 valence electrons. The Bertz CT molecular complexity index is 725. The number of nitrogens with zero attached hydrogens (tertiary/aromatic N) is 3. The van der Waals surface area contributed by atoms with Gasteiger partial charge in [-0.3, -0.25) is 0 Å². The normalized spacial score (nSPS) is 11.8. The minimum atomic E-state index is -3.65. The number of benzene rings is 1. The summed E-state index contributed by atoms with van der Waals surface area (Å²) >= 11 is 0. The Morgan fingerprint density at radius 3 is 2.81 bits per heavy atom. The second-order valence-corrected chi connectivity index (χ2v) is 6.37. The molecular weight excluding hydrogens is 292 g/mol. The molecule has 0 spiro atoms. The number of hydrogen-bond acceptors (Lipinski definition) is 5. The first-order valence-electron chi connectivity index (χ1n) is 6.54. The van der Waals surface area contributed by atoms with Crippen molar-refractivity contribution in [3.05, 3.63) is 41.5 Å². The number of aliphatic hydroxyl groups excluding tert-OH is 1. The largest absolute Gasteiger partial charge is 0.392 e. The van der Waals surface area contributed by atoms with E-state index < -0.39 is 10.0 Å². The highest BCUT2D eigenvalue weighted by molar-refractivity contribution is 7.89. The van der Waals surface area contributed by atoms with Crippen LogP contribution < -0.4 is 4.72 Å². The van der Waals surface area contributed by atoms with Crippen molar-refractivity contribution in [2.45, 2.75) is 38.4 Å². The number of rotatable bonds is 6. The third-order valence-electron chi connectivity index (χ3n) is 3.26. The predicted octanol–water partition coefficient (Wildman–Crippen LogP) is 0.577. The predicted molar refractivity (Wildman–Crippen MR) is 76.8 cm³/mol. The third-order valence-corrected chi connectivity index (χ3v) is 4.66. The van der Waals surface area contributed by atoms with Gasteiger partial charge >= 0.3 is 0 Å². The highest BCUT2D eigenvalue weighted by Gasteiger charge is 2.16. The van der Waals surface area contributed by atoms with Crippen LogP contribution in [-0.4, -0.2) is 28.3 Å². The number of aromatic nitrogens is 3. The molecule has 1 aromatic heterocycles. The molecule has 7 nitrogen and oxygen atoms in total. The fourth-order valence-electron chi connectivity index (χ4n) is 1.91. The van der Waals surface area contributed by atoms with E-state index in [1.807, 2.05) is 13.8 Å². The minimum absolute atomic E-state index is 0.0680. The Kier molecular flexibility index (Phi) is 4.71. The molecule has 2 aromatic rings. The molecule has 0 atom stereocenters. The Labute approximate surface area is 123 Å². The summed E-state index contributed by atoms with van der Waals surface area (Å²) in [6, 6.07) is 4.66. The van der Waals surface area contributed by atoms with Crippen LogP contribution in [0.25, 0.3) is 0 Å². The average molecular weight is 310 g/mol. The Morgan fingerprint density at radius 2 is 2.14 bits per heavy atom. The number of aryl methyl sites for hydroxylation is 2. The lowest BCUT2D eigenvalue weighted by Gasteiger charge is -2.09. The van der Waals surface area contributed by atoms with Crippen LogP contribution >= 0.6 is 0 Å². The molecule has 0 radical (unpaired) electrons. The molecule has 1 aromatic carbocycles. The fourth-order valence-corrected chi connectivity index (χ4v) is 2.94. The van der Waals surface area contributed by atoms with Gasteiger partial charge in [-0.2, -0.15) is 0 Å². The van der Waals surface area contributed by atoms with Gasteiger partial charge in [0.1, 0.15) is 12.2 Å². The zero-order chi connectivity index (χ0) is 15.5. The summed E-state index contributed by atoms with van der Waals surface area (Å²) in [5, 5.41) is 16.8. The summed E-state index contributed by atoms with van der Waals surface area (Å²) in [5.41, 5.74) is 1.44. The summed E-state index contributed by atoms with van der Waals surface area (Å²) in [7, 11) is -3.65. The van der Waals surface area contributed by atoms with E-state index in [1.54, 1.807) is 17.0 Å². The summed E-state index contributed by atoms with van der Waals surface area (Å²) < 4.78 is 28.8. The van der Waals surface area contributed by atoms with Gasteiger partial charge in [-0.1, -0.05) is 6.07 Å². The molecule has 0 amide bonds. The molecule has 21 heavy (non-hydrogen) atoms. The molecule has 0 aliphatic rings. The zero-order valence-electron chi connectivity index (χ0n) is 11.9. The van der Waals surface area contributed by atoms with Crippen molar-refractivity contribution in [3.8, 4) is 0 Å². The molecule has 0 saturated heterocycles. The Hall–Kier alpha value is -1.77. The number of nitrogens with one attached hydrogen (secondary N) is 1. The molecule has 2 N–H and O–H groups in total. The number of aliphatic hydroxyl groups is 1. The van der Waals surface area contributed by atoms with E-state index in [1.165, 1.54) is 12.1 Å². The van der Waals surface area contributed by atoms with Crippen LogP contribution in [0.1, 0.15) is 23.9 Å². The maximum absolute atomic E-state index is 12.3. The lowest BCUT2D eigenvalue weighted by Crippen LogP contribution is -2.25. The van der Waals surface area contributed by atoms with Gasteiger partial charge in [-0.15, -0.1) is 10.2 Å². The van der Waals surface area contributed by atoms with Crippen LogP contribution in [0.3, 0.4) is 0 Å². The lowest BCUT2D eigenvalue weighted by atomic mass is 10.1. The van der Waals surface area contributed by atoms with E-state index in [2.05, 4.69) is 14.9 Å². The van der Waals surface area contributed by atoms with Crippen LogP contribution in [0.4, 0.5) is 0 Å². The molecular formula is C13H18N4O3S. The van der Waals surface area contributed by atoms with Crippen molar-refractivity contribution in [2.24, 2.45) is 0 Å². The zero-order valence-corrected chi connectivity index (χ0v) is 12.8. The smallest absolute Gasteiger partial charge is 0.240 e. The highest BCUT2D eigenvalue weighted by atomic mass is 32.2. The third kappa shape index (κ3) is 3.46. The van der Waals surface area contributed by atoms with Crippen LogP contribution in [0.15, 0.2) is 29.4 Å². The van der Waals surface area contributed by atoms with Gasteiger partial charge in [0.15, 0.2) is 0 Å². The van der Waals surface area contributed by atoms with E-state index in [9.17, 15) is 13.5 Å². The van der Waals surface area contributed by atoms with Crippen molar-refractivity contribution < 1.29 is 13.5 Å². The van der Waals surface area contributed by atoms with Crippen molar-refractivity contribution in [1.82, 2.24) is 19.5 Å². The standard InChI is InChI=1S/C13H18N4O3S/c1-3-17-9-14-16-13(17)7-15-21(19,20)12-5-4-10(2)11(6-12)8-18/h4-6,9,15,18H,3,7-8H2,1-2H3. The van der Waals surface area contributed by atoms with Gasteiger partial charge in [-0.05, 0) is 37.1 Å². The summed E-state index contributed by atoms with van der Waals surface area (Å²) in [6.07, 6.45) is 1.55. The molecule has 2 rings (SSSR count). The summed E-state index contributed by atoms with van der Waals surface area (Å²) in [5.74, 6) is 0.551. The second kappa shape index (κ2) is 6.33. The van der Waals surface area contributed by atoms with E-state index in [-0.39, 0.29) is 18.0 Å². The van der Waals surface area contributed by atoms with E-state index in [0.717, 1.165) is 5.56 Å². The van der Waals surface area contributed by atoms with Gasteiger partial charge in [0.05, 0.1) is 18.0 Å². The van der Waals surface area contributed by atoms with Crippen molar-refractivity contribution >= 4 is 10.0 Å². The Morgan fingerprint density at radius 1 is 1.38 bits per heavy atom. The molecule has 0 saturated carbocycles. The van der Waals surface area contributed by atoms with Crippen LogP contribution in [0.5, 0.6) is 0 Å². The SMILES string of the molecule is CCn1cnnc1CNS(=O)(=O)c1ccc(C)c(CO)c1. The minimum Gasteiger partial charge on any atom is -0.392 e. The summed E-state index contributed by atoms with van der Waals surface area (Å²) in [4.78, 5) is 0.125. The highest BCUT2D eigenvalue weighted by Crippen LogP contribution is 2.15. The maximum atomic E-state index is 12.3. The van der Waals surface area contributed by atoms with Crippen LogP contribution in [0, 0.1) is 6.92 Å². The van der Waals surface area contributed by atoms with E-state index >= 15 is 0 Å². The average Bonchev–Trinajstić information content (AvgIpc) is 2.93. The lowest BCUT2D eigenvalue weighted by molar-refractivity contribution is 0.280. The van der Waals surface area contributed by atoms with Crippen LogP contribution in [-0.2, 0) is 29.7 Å². The molecule has 0 aliphatic heterocycles. The topological polar surface area (TPSA) is 97.1 Å². The Balaban J connectivity index is 2.19. The number of hydrogen-bond donors (Lipinski definition) is 2. The first-order valence-corrected chi connectivity index (χ1v) is 8.03. The monoisotopic (exact) mass is 310 g/mol. The molecule has 8 heteroatoms. The molecule has 0 unspecified atom stereocenters. The van der Waals surface area contributed by atoms with Crippen molar-refractivity contribution in [2.75, 3.05) is 0 Å².